The van der Waals surface area contributed by atoms with Crippen LogP contribution in [-0.4, -0.2) is 30.3 Å². The van der Waals surface area contributed by atoms with E-state index in [1.807, 2.05) is 24.3 Å². The van der Waals surface area contributed by atoms with Crippen molar-refractivity contribution in [3.8, 4) is 22.6 Å². The minimum Gasteiger partial charge on any atom is -0.305 e. The Hall–Kier alpha value is -9.40. The van der Waals surface area contributed by atoms with E-state index in [9.17, 15) is 57.1 Å². The molecular weight excluding hydrogens is 2330 g/mol. The first kappa shape index (κ1) is 86.2. The number of aliphatic imine (C=N–C) groups is 1. The second-order valence-corrected chi connectivity index (χ2v) is 23.9. The molecule has 26 heteroatoms. The smallest absolute Gasteiger partial charge is 0.305 e. The third-order valence-corrected chi connectivity index (χ3v) is 17.1. The Morgan fingerprint density at radius 1 is 0.427 bits per heavy atom. The van der Waals surface area contributed by atoms with Crippen molar-refractivity contribution in [2.75, 3.05) is 0 Å². The predicted octanol–water partition coefficient (Wildman–Crippen LogP) is 22.8. The van der Waals surface area contributed by atoms with Gasteiger partial charge in [-0.1, -0.05) is 144 Å². The van der Waals surface area contributed by atoms with E-state index in [1.54, 1.807) is 47.3 Å². The van der Waals surface area contributed by atoms with Crippen molar-refractivity contribution in [1.82, 2.24) is 29.2 Å². The van der Waals surface area contributed by atoms with Crippen molar-refractivity contribution < 1.29 is 158 Å². The van der Waals surface area contributed by atoms with Gasteiger partial charge < -0.3 is 4.98 Å². The second kappa shape index (κ2) is 37.1. The van der Waals surface area contributed by atoms with Crippen LogP contribution in [0.5, 0.6) is 0 Å². The summed E-state index contributed by atoms with van der Waals surface area (Å²) in [4.78, 5) is 8.84. The van der Waals surface area contributed by atoms with Crippen LogP contribution in [-0.2, 0) is 124 Å². The van der Waals surface area contributed by atoms with Gasteiger partial charge in [-0.2, -0.15) is 80.0 Å². The molecule has 8 nitrogen and oxygen atoms in total. The van der Waals surface area contributed by atoms with Crippen LogP contribution in [0.1, 0.15) is 57.5 Å². The van der Waals surface area contributed by atoms with Crippen LogP contribution in [0.25, 0.3) is 55.2 Å². The van der Waals surface area contributed by atoms with Crippen LogP contribution in [0.3, 0.4) is 0 Å². The first-order valence-corrected chi connectivity index (χ1v) is 32.1. The molecular formula is C84H51F13Ir5N8-4. The molecule has 567 valence electrons. The summed E-state index contributed by atoms with van der Waals surface area (Å²) in [5, 5.41) is 17.0. The minimum atomic E-state index is -4.52. The molecule has 0 aliphatic carbocycles. The average Bonchev–Trinajstić information content (AvgIpc) is 1.48. The van der Waals surface area contributed by atoms with Crippen molar-refractivity contribution in [3.05, 3.63) is 384 Å². The van der Waals surface area contributed by atoms with Crippen LogP contribution in [0.2, 0.25) is 0 Å². The zero-order valence-electron chi connectivity index (χ0n) is 56.4. The molecule has 5 radical (unpaired) electrons. The normalized spacial score (nSPS) is 13.8. The van der Waals surface area contributed by atoms with Gasteiger partial charge in [-0.25, -0.2) is 8.78 Å². The number of benzene rings is 12. The maximum absolute atomic E-state index is 13.1. The molecule has 0 N–H and O–H groups in total. The summed E-state index contributed by atoms with van der Waals surface area (Å²) in [6.45, 7) is 2.27. The van der Waals surface area contributed by atoms with Gasteiger partial charge in [0.15, 0.2) is 6.04 Å². The second-order valence-electron chi connectivity index (χ2n) is 23.9. The number of rotatable bonds is 7. The summed E-state index contributed by atoms with van der Waals surface area (Å²) >= 11 is 0. The third-order valence-electron chi connectivity index (χ3n) is 17.1. The summed E-state index contributed by atoms with van der Waals surface area (Å²) in [5.41, 5.74) is 8.19. The minimum absolute atomic E-state index is 0. The largest absolute Gasteiger partial charge is 0.416 e. The van der Waals surface area contributed by atoms with Gasteiger partial charge in [-0.15, -0.1) is 95.4 Å². The van der Waals surface area contributed by atoms with Gasteiger partial charge in [0.25, 0.3) is 0 Å². The van der Waals surface area contributed by atoms with Gasteiger partial charge in [0.05, 0.1) is 40.2 Å². The number of nitrogens with zero attached hydrogens (tertiary/aromatic N) is 8. The third kappa shape index (κ3) is 19.7. The van der Waals surface area contributed by atoms with Gasteiger partial charge >= 0.3 is 18.5 Å². The fourth-order valence-electron chi connectivity index (χ4n) is 12.0. The number of halogens is 13. The van der Waals surface area contributed by atoms with E-state index < -0.39 is 47.1 Å². The predicted molar refractivity (Wildman–Crippen MR) is 375 cm³/mol. The zero-order chi connectivity index (χ0) is 73.6. The maximum Gasteiger partial charge on any atom is 0.416 e. The molecule has 17 rings (SSSR count). The molecule has 0 saturated carbocycles. The molecule has 12 aromatic carbocycles. The summed E-state index contributed by atoms with van der Waals surface area (Å²) in [5.74, 6) is -1.47. The SMILES string of the molecule is CC1(c2ccccc2)C(c2[c-]cc3ccccc3c2)=Nc2ccccc21.FC(F)(F)c1ccc(C2N=[N+](c3[c-]ccc(C(F)(F)F)c3)c3ccccc32)cc1.Fc1c[c-]c(-c2cc(C(F)(F)F)ccn2)cc1.Fc1c[c-]c(-n2ncc3ccccc32)cc1.Fc1cc[c-]c(-n2ncc3cc(F)ccc32)c1.[Ir].[Ir].[Ir].[Ir].[Ir]. The van der Waals surface area contributed by atoms with Crippen molar-refractivity contribution in [2.45, 2.75) is 36.9 Å². The molecule has 2 atom stereocenters. The molecule has 0 bridgehead atoms. The van der Waals surface area contributed by atoms with Gasteiger partial charge in [-0.05, 0) is 105 Å². The van der Waals surface area contributed by atoms with Crippen LogP contribution in [0.15, 0.2) is 296 Å². The Morgan fingerprint density at radius 3 is 1.68 bits per heavy atom. The number of para-hydroxylation sites is 3. The van der Waals surface area contributed by atoms with E-state index in [0.29, 0.717) is 39.0 Å². The molecule has 3 aromatic heterocycles. The van der Waals surface area contributed by atoms with E-state index in [4.69, 9.17) is 4.99 Å². The first-order chi connectivity index (χ1) is 50.5. The summed E-state index contributed by atoms with van der Waals surface area (Å²) in [6.07, 6.45) is -9.00. The maximum atomic E-state index is 13.1. The van der Waals surface area contributed by atoms with Gasteiger partial charge in [0.2, 0.25) is 5.69 Å². The number of aromatic nitrogens is 5. The summed E-state index contributed by atoms with van der Waals surface area (Å²) in [7, 11) is 0. The Kier molecular flexibility index (Phi) is 29.1. The van der Waals surface area contributed by atoms with E-state index in [1.165, 1.54) is 104 Å². The van der Waals surface area contributed by atoms with Crippen LogP contribution < -0.4 is 4.70 Å². The molecule has 110 heavy (non-hydrogen) atoms. The molecule has 2 unspecified atom stereocenters. The number of azo groups is 2. The fraction of sp³-hybridized carbons (Fsp3) is 0.0714. The van der Waals surface area contributed by atoms with E-state index in [-0.39, 0.29) is 135 Å². The quantitative estimate of drug-likeness (QED) is 0.0906. The molecule has 5 heterocycles. The van der Waals surface area contributed by atoms with E-state index in [0.717, 1.165) is 88.3 Å². The molecule has 2 aliphatic rings. The first-order valence-electron chi connectivity index (χ1n) is 32.1. The van der Waals surface area contributed by atoms with Gasteiger partial charge in [0.1, 0.15) is 11.5 Å². The van der Waals surface area contributed by atoms with Crippen LogP contribution in [0, 0.1) is 53.6 Å². The number of pyridine rings is 1. The molecule has 0 spiro atoms. The Balaban J connectivity index is 0.000000174. The zero-order valence-corrected chi connectivity index (χ0v) is 68.3. The Labute approximate surface area is 689 Å². The van der Waals surface area contributed by atoms with Crippen molar-refractivity contribution >= 4 is 55.4 Å². The van der Waals surface area contributed by atoms with Crippen LogP contribution >= 0.6 is 0 Å². The standard InChI is InChI=1S/C25H18N.C21H12F6N2.C13H7F2N2.C13H8FN2.C12H6F4N.5Ir/c1-25(21-11-3-2-4-12-21)22-13-7-8-14-23(22)26-24(25)20-16-15-18-9-5-6-10-19(18)17-20;22-20(23,24)14-10-8-13(9-11-14)19-17-6-1-2-7-18(17)29(28-19)16-5-3-4-15(12-16)21(25,26)27;14-10-2-1-3-12(7-10)17-13-5-4-11(15)6-9(13)8-16-17;14-11-5-7-12(8-6-11)16-13-4-2-1-3-10(13)9-15-16;13-10-3-1-8(2-4-10)11-7-9(5-6-17-11)12(14,15)16;;;;;/h2-15,17H,1H3;1-4,6-12,19H;1-2,4-8H;1-7,9H;1,3-7H;;;;;/q-1;;3*-1;;;;;. The number of hydrogen-bond acceptors (Lipinski definition) is 5. The Bertz CT molecular complexity index is 5680. The summed E-state index contributed by atoms with van der Waals surface area (Å²) < 4.78 is 171. The number of hydrogen-bond donors (Lipinski definition) is 0. The molecule has 2 aliphatic heterocycles. The van der Waals surface area contributed by atoms with Gasteiger partial charge in [0, 0.05) is 152 Å². The van der Waals surface area contributed by atoms with E-state index >= 15 is 0 Å². The molecule has 0 saturated heterocycles. The molecule has 0 fully saturated rings. The fourth-order valence-corrected chi connectivity index (χ4v) is 12.0. The Morgan fingerprint density at radius 2 is 1.00 bits per heavy atom. The topological polar surface area (TPSA) is 76.3 Å². The van der Waals surface area contributed by atoms with E-state index in [2.05, 4.69) is 149 Å². The summed E-state index contributed by atoms with van der Waals surface area (Å²) in [6, 6.07) is 86.2. The molecule has 15 aromatic rings. The monoisotopic (exact) mass is 2380 g/mol. The van der Waals surface area contributed by atoms with Crippen LogP contribution in [0.4, 0.5) is 74.1 Å². The van der Waals surface area contributed by atoms with Crippen molar-refractivity contribution in [1.29, 1.82) is 0 Å². The van der Waals surface area contributed by atoms with Crippen molar-refractivity contribution in [3.63, 3.8) is 0 Å². The number of fused-ring (bicyclic) bond motifs is 5. The number of alkyl halides is 9. The average molecular weight is 2380 g/mol. The van der Waals surface area contributed by atoms with Gasteiger partial charge in [-0.3, -0.25) is 23.1 Å². The van der Waals surface area contributed by atoms with Crippen molar-refractivity contribution in [2.24, 2.45) is 10.1 Å². The molecule has 0 amide bonds.